The van der Waals surface area contributed by atoms with Crippen LogP contribution in [0.3, 0.4) is 0 Å². The smallest absolute Gasteiger partial charge is 0.188 e. The first kappa shape index (κ1) is 12.9. The molecule has 16 heavy (non-hydrogen) atoms. The Labute approximate surface area is 95.4 Å². The van der Waals surface area contributed by atoms with Gasteiger partial charge in [-0.05, 0) is 36.6 Å². The first-order valence-electron chi connectivity index (χ1n) is 5.33. The van der Waals surface area contributed by atoms with E-state index >= 15 is 0 Å². The van der Waals surface area contributed by atoms with Crippen LogP contribution < -0.4 is 10.5 Å². The zero-order chi connectivity index (χ0) is 12.0. The van der Waals surface area contributed by atoms with Crippen LogP contribution in [0.4, 0.5) is 4.39 Å². The monoisotopic (exact) mass is 227 g/mol. The van der Waals surface area contributed by atoms with Crippen LogP contribution in [0.15, 0.2) is 18.2 Å². The number of methoxy groups -OCH3 is 1. The molecule has 0 bridgehead atoms. The van der Waals surface area contributed by atoms with Crippen LogP contribution in [0.1, 0.15) is 18.9 Å². The summed E-state index contributed by atoms with van der Waals surface area (Å²) >= 11 is 0. The van der Waals surface area contributed by atoms with Crippen molar-refractivity contribution in [3.8, 4) is 5.75 Å². The average Bonchev–Trinajstić information content (AvgIpc) is 2.28. The average molecular weight is 227 g/mol. The van der Waals surface area contributed by atoms with Gasteiger partial charge in [0, 0.05) is 13.2 Å². The maximum Gasteiger partial charge on any atom is 0.188 e. The van der Waals surface area contributed by atoms with Gasteiger partial charge in [0.25, 0.3) is 0 Å². The molecule has 1 atom stereocenters. The highest BCUT2D eigenvalue weighted by molar-refractivity contribution is 5.34. The Bertz CT molecular complexity index is 331. The fourth-order valence-electron chi connectivity index (χ4n) is 1.40. The van der Waals surface area contributed by atoms with E-state index in [4.69, 9.17) is 15.2 Å². The van der Waals surface area contributed by atoms with Gasteiger partial charge in [-0.2, -0.15) is 0 Å². The van der Waals surface area contributed by atoms with Crippen molar-refractivity contribution < 1.29 is 13.9 Å². The van der Waals surface area contributed by atoms with Gasteiger partial charge in [0.05, 0.1) is 0 Å². The molecule has 0 fully saturated rings. The van der Waals surface area contributed by atoms with Gasteiger partial charge < -0.3 is 15.2 Å². The van der Waals surface area contributed by atoms with Crippen LogP contribution in [0.2, 0.25) is 0 Å². The minimum Gasteiger partial charge on any atom is -0.467 e. The van der Waals surface area contributed by atoms with Gasteiger partial charge in [-0.25, -0.2) is 4.39 Å². The number of benzene rings is 1. The third-order valence-corrected chi connectivity index (χ3v) is 2.36. The molecule has 1 aromatic rings. The Morgan fingerprint density at radius 1 is 1.44 bits per heavy atom. The van der Waals surface area contributed by atoms with E-state index in [1.54, 1.807) is 13.2 Å². The second-order valence-corrected chi connectivity index (χ2v) is 3.68. The van der Waals surface area contributed by atoms with Crippen molar-refractivity contribution in [2.24, 2.45) is 5.73 Å². The van der Waals surface area contributed by atoms with E-state index in [2.05, 4.69) is 0 Å². The summed E-state index contributed by atoms with van der Waals surface area (Å²) in [6.07, 6.45) is 1.45. The minimum absolute atomic E-state index is 0.0201. The lowest BCUT2D eigenvalue weighted by Crippen LogP contribution is -2.22. The fraction of sp³-hybridized carbons (Fsp3) is 0.500. The summed E-state index contributed by atoms with van der Waals surface area (Å²) in [6.45, 7) is 2.15. The van der Waals surface area contributed by atoms with E-state index in [0.29, 0.717) is 12.2 Å². The van der Waals surface area contributed by atoms with Crippen molar-refractivity contribution in [1.82, 2.24) is 0 Å². The molecular formula is C12H18FNO2. The molecule has 0 amide bonds. The normalized spacial score (nSPS) is 12.5. The first-order chi connectivity index (χ1) is 7.67. The molecule has 1 aromatic carbocycles. The zero-order valence-corrected chi connectivity index (χ0v) is 9.70. The molecule has 0 heterocycles. The molecule has 0 aliphatic heterocycles. The predicted molar refractivity (Wildman–Crippen MR) is 60.9 cm³/mol. The molecule has 1 rings (SSSR count). The van der Waals surface area contributed by atoms with Crippen LogP contribution >= 0.6 is 0 Å². The van der Waals surface area contributed by atoms with Gasteiger partial charge in [0.1, 0.15) is 11.6 Å². The second-order valence-electron chi connectivity index (χ2n) is 3.68. The van der Waals surface area contributed by atoms with Gasteiger partial charge in [-0.3, -0.25) is 0 Å². The van der Waals surface area contributed by atoms with E-state index in [1.807, 2.05) is 6.92 Å². The van der Waals surface area contributed by atoms with E-state index in [9.17, 15) is 4.39 Å². The molecular weight excluding hydrogens is 209 g/mol. The van der Waals surface area contributed by atoms with Gasteiger partial charge in [-0.1, -0.05) is 6.92 Å². The molecule has 0 aromatic heterocycles. The summed E-state index contributed by atoms with van der Waals surface area (Å²) in [6, 6.07) is 4.45. The topological polar surface area (TPSA) is 44.5 Å². The highest BCUT2D eigenvalue weighted by Gasteiger charge is 2.09. The summed E-state index contributed by atoms with van der Waals surface area (Å²) in [4.78, 5) is 0. The molecule has 0 spiro atoms. The van der Waals surface area contributed by atoms with Crippen molar-refractivity contribution in [1.29, 1.82) is 0 Å². The van der Waals surface area contributed by atoms with Crippen molar-refractivity contribution in [3.63, 3.8) is 0 Å². The Kier molecular flexibility index (Phi) is 5.22. The summed E-state index contributed by atoms with van der Waals surface area (Å²) in [5, 5.41) is 0. The molecule has 0 aliphatic rings. The predicted octanol–water partition coefficient (Wildman–Crippen LogP) is 2.09. The molecule has 90 valence electrons. The van der Waals surface area contributed by atoms with E-state index in [1.165, 1.54) is 12.1 Å². The fourth-order valence-corrected chi connectivity index (χ4v) is 1.40. The summed E-state index contributed by atoms with van der Waals surface area (Å²) in [5.41, 5.74) is 6.63. The van der Waals surface area contributed by atoms with Gasteiger partial charge in [0.15, 0.2) is 6.79 Å². The Hall–Kier alpha value is -1.13. The number of nitrogens with two attached hydrogens (primary N) is 1. The molecule has 2 N–H and O–H groups in total. The summed E-state index contributed by atoms with van der Waals surface area (Å²) in [5.74, 6) is 0.357. The molecule has 1 unspecified atom stereocenters. The third-order valence-electron chi connectivity index (χ3n) is 2.36. The van der Waals surface area contributed by atoms with Crippen LogP contribution in [-0.4, -0.2) is 19.9 Å². The molecule has 0 saturated heterocycles. The van der Waals surface area contributed by atoms with Crippen molar-refractivity contribution >= 4 is 0 Å². The summed E-state index contributed by atoms with van der Waals surface area (Å²) < 4.78 is 23.3. The molecule has 0 saturated carbocycles. The lowest BCUT2D eigenvalue weighted by atomic mass is 10.0. The Morgan fingerprint density at radius 3 is 2.81 bits per heavy atom. The Morgan fingerprint density at radius 2 is 2.19 bits per heavy atom. The minimum atomic E-state index is -0.275. The van der Waals surface area contributed by atoms with Gasteiger partial charge in [0.2, 0.25) is 0 Å². The number of ether oxygens (including phenoxy) is 2. The largest absolute Gasteiger partial charge is 0.467 e. The standard InChI is InChI=1S/C12H18FNO2/c1-3-11(14)7-9-6-10(13)4-5-12(9)16-8-15-2/h4-6,11H,3,7-8,14H2,1-2H3. The van der Waals surface area contributed by atoms with Crippen molar-refractivity contribution in [2.45, 2.75) is 25.8 Å². The zero-order valence-electron chi connectivity index (χ0n) is 9.70. The molecule has 0 aliphatic carbocycles. The van der Waals surface area contributed by atoms with E-state index in [0.717, 1.165) is 12.0 Å². The van der Waals surface area contributed by atoms with E-state index in [-0.39, 0.29) is 18.7 Å². The molecule has 3 nitrogen and oxygen atoms in total. The number of rotatable bonds is 6. The maximum absolute atomic E-state index is 13.1. The highest BCUT2D eigenvalue weighted by atomic mass is 19.1. The van der Waals surface area contributed by atoms with Crippen LogP contribution in [0.5, 0.6) is 5.75 Å². The number of hydrogen-bond acceptors (Lipinski definition) is 3. The van der Waals surface area contributed by atoms with Gasteiger partial charge >= 0.3 is 0 Å². The quantitative estimate of drug-likeness (QED) is 0.757. The van der Waals surface area contributed by atoms with Gasteiger partial charge in [-0.15, -0.1) is 0 Å². The van der Waals surface area contributed by atoms with Crippen LogP contribution in [0.25, 0.3) is 0 Å². The maximum atomic E-state index is 13.1. The molecule has 0 radical (unpaired) electrons. The van der Waals surface area contributed by atoms with Crippen molar-refractivity contribution in [3.05, 3.63) is 29.6 Å². The second kappa shape index (κ2) is 6.45. The third kappa shape index (κ3) is 3.79. The summed E-state index contributed by atoms with van der Waals surface area (Å²) in [7, 11) is 1.54. The van der Waals surface area contributed by atoms with Crippen LogP contribution in [-0.2, 0) is 11.2 Å². The Balaban J connectivity index is 2.80. The highest BCUT2D eigenvalue weighted by Crippen LogP contribution is 2.21. The molecule has 4 heteroatoms. The number of hydrogen-bond donors (Lipinski definition) is 1. The van der Waals surface area contributed by atoms with Crippen molar-refractivity contribution in [2.75, 3.05) is 13.9 Å². The van der Waals surface area contributed by atoms with Crippen LogP contribution in [0, 0.1) is 5.82 Å². The first-order valence-corrected chi connectivity index (χ1v) is 5.33. The lowest BCUT2D eigenvalue weighted by molar-refractivity contribution is 0.0503. The SMILES string of the molecule is CCC(N)Cc1cc(F)ccc1OCOC. The number of halogens is 1. The lowest BCUT2D eigenvalue weighted by Gasteiger charge is -2.14. The van der Waals surface area contributed by atoms with E-state index < -0.39 is 0 Å².